The molecule has 6 fully saturated rings. The Balaban J connectivity index is 1.12. The molecule has 1 aromatic heterocycles. The average molecular weight is 441 g/mol. The van der Waals surface area contributed by atoms with Gasteiger partial charge in [0.05, 0.1) is 6.67 Å². The van der Waals surface area contributed by atoms with Crippen molar-refractivity contribution in [3.05, 3.63) is 24.4 Å². The minimum absolute atomic E-state index is 0.396. The molecule has 0 aromatic carbocycles. The number of pyridine rings is 1. The van der Waals surface area contributed by atoms with Crippen LogP contribution in [0.4, 0.5) is 5.82 Å². The molecular formula is C24H36N6S. The summed E-state index contributed by atoms with van der Waals surface area (Å²) < 4.78 is 0. The molecule has 1 aromatic rings. The van der Waals surface area contributed by atoms with E-state index in [4.69, 9.17) is 12.2 Å². The Kier molecular flexibility index (Phi) is 5.11. The maximum absolute atomic E-state index is 6.00. The molecule has 2 aliphatic heterocycles. The summed E-state index contributed by atoms with van der Waals surface area (Å²) in [7, 11) is 0. The smallest absolute Gasteiger partial charge is 0.188 e. The van der Waals surface area contributed by atoms with Gasteiger partial charge < -0.3 is 9.80 Å². The number of hydrogen-bond acceptors (Lipinski definition) is 5. The predicted octanol–water partition coefficient (Wildman–Crippen LogP) is 3.13. The topological polar surface area (TPSA) is 37.9 Å². The van der Waals surface area contributed by atoms with Crippen molar-refractivity contribution in [3.63, 3.8) is 0 Å². The molecule has 7 rings (SSSR count). The van der Waals surface area contributed by atoms with Crippen LogP contribution >= 0.6 is 12.2 Å². The molecule has 0 amide bonds. The molecule has 7 heteroatoms. The van der Waals surface area contributed by atoms with Crippen LogP contribution in [0, 0.1) is 23.2 Å². The fraction of sp³-hybridized carbons (Fsp3) is 0.750. The van der Waals surface area contributed by atoms with Crippen molar-refractivity contribution in [1.82, 2.24) is 25.2 Å². The number of nitrogens with zero attached hydrogens (tertiary/aromatic N) is 5. The van der Waals surface area contributed by atoms with E-state index < -0.39 is 0 Å². The maximum Gasteiger partial charge on any atom is 0.188 e. The third kappa shape index (κ3) is 3.53. The molecule has 1 atom stereocenters. The monoisotopic (exact) mass is 440 g/mol. The van der Waals surface area contributed by atoms with Gasteiger partial charge in [0.1, 0.15) is 12.0 Å². The molecular weight excluding hydrogens is 404 g/mol. The Morgan fingerprint density at radius 1 is 1.03 bits per heavy atom. The zero-order chi connectivity index (χ0) is 21.0. The molecule has 168 valence electrons. The van der Waals surface area contributed by atoms with E-state index in [1.807, 2.05) is 12.3 Å². The van der Waals surface area contributed by atoms with Crippen molar-refractivity contribution in [2.75, 3.05) is 44.3 Å². The highest BCUT2D eigenvalue weighted by atomic mass is 32.1. The Morgan fingerprint density at radius 3 is 2.29 bits per heavy atom. The third-order valence-electron chi connectivity index (χ3n) is 8.76. The van der Waals surface area contributed by atoms with E-state index in [2.05, 4.69) is 49.2 Å². The second-order valence-electron chi connectivity index (χ2n) is 10.7. The zero-order valence-corrected chi connectivity index (χ0v) is 19.6. The number of hydrogen-bond donors (Lipinski definition) is 1. The first kappa shape index (κ1) is 20.2. The van der Waals surface area contributed by atoms with Crippen LogP contribution in [-0.4, -0.2) is 70.5 Å². The lowest BCUT2D eigenvalue weighted by molar-refractivity contribution is -0.0977. The summed E-state index contributed by atoms with van der Waals surface area (Å²) in [6.07, 6.45) is 11.0. The molecule has 6 nitrogen and oxygen atoms in total. The van der Waals surface area contributed by atoms with Crippen LogP contribution in [0.15, 0.2) is 24.4 Å². The molecule has 31 heavy (non-hydrogen) atoms. The predicted molar refractivity (Wildman–Crippen MR) is 127 cm³/mol. The van der Waals surface area contributed by atoms with E-state index in [1.165, 1.54) is 38.5 Å². The van der Waals surface area contributed by atoms with Crippen LogP contribution in [0.3, 0.4) is 0 Å². The normalized spacial score (nSPS) is 37.8. The number of rotatable bonds is 5. The van der Waals surface area contributed by atoms with Crippen LogP contribution in [0.2, 0.25) is 0 Å². The first-order valence-electron chi connectivity index (χ1n) is 12.4. The minimum atomic E-state index is 0.396. The standard InChI is InChI=1S/C24H36N6S/c1-2-29-22(24-14-18-11-19(15-24)13-20(12-18)16-24)26-30(23(29)31)17-27-7-9-28(10-8-27)21-5-3-4-6-25-21/h3-6,18-20,22,26H,2,7-17H2,1H3. The third-order valence-corrected chi connectivity index (χ3v) is 9.21. The highest BCUT2D eigenvalue weighted by Gasteiger charge is 2.57. The average Bonchev–Trinajstić information content (AvgIpc) is 3.10. The highest BCUT2D eigenvalue weighted by molar-refractivity contribution is 7.80. The summed E-state index contributed by atoms with van der Waals surface area (Å²) in [5, 5.41) is 3.30. The number of aromatic nitrogens is 1. The Hall–Kier alpha value is -1.44. The van der Waals surface area contributed by atoms with Crippen molar-refractivity contribution in [2.45, 2.75) is 51.6 Å². The van der Waals surface area contributed by atoms with E-state index in [0.29, 0.717) is 11.6 Å². The molecule has 0 spiro atoms. The van der Waals surface area contributed by atoms with Gasteiger partial charge in [0.15, 0.2) is 5.11 Å². The second-order valence-corrected chi connectivity index (χ2v) is 11.1. The molecule has 0 radical (unpaired) electrons. The minimum Gasteiger partial charge on any atom is -0.354 e. The van der Waals surface area contributed by atoms with Crippen LogP contribution in [0.25, 0.3) is 0 Å². The SMILES string of the molecule is CCN1C(=S)N(CN2CCN(c3ccccn3)CC2)NC1C12CC3CC(CC(C3)C1)C2. The summed E-state index contributed by atoms with van der Waals surface area (Å²) >= 11 is 6.00. The lowest BCUT2D eigenvalue weighted by Gasteiger charge is -2.59. The number of thiocarbonyl (C=S) groups is 1. The number of piperazine rings is 1. The van der Waals surface area contributed by atoms with Crippen molar-refractivity contribution < 1.29 is 0 Å². The quantitative estimate of drug-likeness (QED) is 0.705. The van der Waals surface area contributed by atoms with Gasteiger partial charge in [0, 0.05) is 44.3 Å². The summed E-state index contributed by atoms with van der Waals surface area (Å²) in [6.45, 7) is 8.30. The van der Waals surface area contributed by atoms with E-state index >= 15 is 0 Å². The van der Waals surface area contributed by atoms with Gasteiger partial charge in [-0.2, -0.15) is 0 Å². The van der Waals surface area contributed by atoms with Gasteiger partial charge in [0.25, 0.3) is 0 Å². The van der Waals surface area contributed by atoms with Gasteiger partial charge in [-0.25, -0.2) is 10.4 Å². The second kappa shape index (κ2) is 7.85. The fourth-order valence-electron chi connectivity index (χ4n) is 7.80. The first-order chi connectivity index (χ1) is 15.1. The summed E-state index contributed by atoms with van der Waals surface area (Å²) in [5.74, 6) is 3.99. The van der Waals surface area contributed by atoms with Crippen LogP contribution in [0.1, 0.15) is 45.4 Å². The largest absolute Gasteiger partial charge is 0.354 e. The van der Waals surface area contributed by atoms with Crippen molar-refractivity contribution in [3.8, 4) is 0 Å². The van der Waals surface area contributed by atoms with Gasteiger partial charge in [0.2, 0.25) is 0 Å². The Morgan fingerprint density at radius 2 is 1.71 bits per heavy atom. The molecule has 4 bridgehead atoms. The molecule has 2 saturated heterocycles. The lowest BCUT2D eigenvalue weighted by Crippen LogP contribution is -2.59. The van der Waals surface area contributed by atoms with Gasteiger partial charge in [-0.1, -0.05) is 6.07 Å². The first-order valence-corrected chi connectivity index (χ1v) is 12.8. The summed E-state index contributed by atoms with van der Waals surface area (Å²) in [4.78, 5) is 12.0. The van der Waals surface area contributed by atoms with E-state index in [0.717, 1.165) is 68.1 Å². The number of nitrogens with one attached hydrogen (secondary N) is 1. The number of anilines is 1. The van der Waals surface area contributed by atoms with Crippen LogP contribution < -0.4 is 10.3 Å². The van der Waals surface area contributed by atoms with Gasteiger partial charge in [-0.05, 0) is 87.6 Å². The molecule has 3 heterocycles. The van der Waals surface area contributed by atoms with Crippen LogP contribution in [0.5, 0.6) is 0 Å². The fourth-order valence-corrected chi connectivity index (χ4v) is 8.14. The Labute approximate surface area is 191 Å². The maximum atomic E-state index is 6.00. The van der Waals surface area contributed by atoms with Gasteiger partial charge in [-0.15, -0.1) is 0 Å². The van der Waals surface area contributed by atoms with Crippen LogP contribution in [-0.2, 0) is 0 Å². The van der Waals surface area contributed by atoms with Gasteiger partial charge in [-0.3, -0.25) is 9.91 Å². The zero-order valence-electron chi connectivity index (χ0n) is 18.7. The molecule has 1 unspecified atom stereocenters. The molecule has 6 aliphatic rings. The molecule has 4 saturated carbocycles. The summed E-state index contributed by atoms with van der Waals surface area (Å²) in [6, 6.07) is 6.17. The van der Waals surface area contributed by atoms with Crippen molar-refractivity contribution in [2.24, 2.45) is 23.2 Å². The Bertz CT molecular complexity index is 772. The summed E-state index contributed by atoms with van der Waals surface area (Å²) in [5.41, 5.74) is 4.37. The van der Waals surface area contributed by atoms with E-state index in [9.17, 15) is 0 Å². The van der Waals surface area contributed by atoms with Gasteiger partial charge >= 0.3 is 0 Å². The van der Waals surface area contributed by atoms with Crippen molar-refractivity contribution >= 4 is 23.1 Å². The highest BCUT2D eigenvalue weighted by Crippen LogP contribution is 2.62. The van der Waals surface area contributed by atoms with Crippen molar-refractivity contribution in [1.29, 1.82) is 0 Å². The molecule has 4 aliphatic carbocycles. The van der Waals surface area contributed by atoms with E-state index in [-0.39, 0.29) is 0 Å². The molecule has 1 N–H and O–H groups in total. The number of hydrazine groups is 1. The lowest BCUT2D eigenvalue weighted by atomic mass is 9.48. The van der Waals surface area contributed by atoms with E-state index in [1.54, 1.807) is 0 Å².